The lowest BCUT2D eigenvalue weighted by Crippen LogP contribution is -2.00. The van der Waals surface area contributed by atoms with E-state index in [1.807, 2.05) is 70.8 Å². The Kier molecular flexibility index (Phi) is 7.64. The highest BCUT2D eigenvalue weighted by molar-refractivity contribution is 6.09. The number of benzene rings is 4. The van der Waals surface area contributed by atoms with Gasteiger partial charge in [-0.1, -0.05) is 62.2 Å². The van der Waals surface area contributed by atoms with E-state index in [-0.39, 0.29) is 5.82 Å². The smallest absolute Gasteiger partial charge is 0.140 e. The van der Waals surface area contributed by atoms with Crippen LogP contribution in [-0.2, 0) is 6.42 Å². The number of ether oxygens (including phenoxy) is 1. The van der Waals surface area contributed by atoms with Gasteiger partial charge in [0, 0.05) is 46.4 Å². The molecule has 45 heavy (non-hydrogen) atoms. The van der Waals surface area contributed by atoms with Crippen molar-refractivity contribution in [2.75, 3.05) is 0 Å². The van der Waals surface area contributed by atoms with Crippen LogP contribution in [0.2, 0.25) is 0 Å². The van der Waals surface area contributed by atoms with E-state index in [0.29, 0.717) is 17.3 Å². The molecule has 0 spiro atoms. The zero-order valence-electron chi connectivity index (χ0n) is 25.8. The van der Waals surface area contributed by atoms with Crippen LogP contribution in [0.3, 0.4) is 0 Å². The predicted octanol–water partition coefficient (Wildman–Crippen LogP) is 10.3. The molecule has 0 aliphatic rings. The minimum Gasteiger partial charge on any atom is -0.457 e. The maximum atomic E-state index is 14.4. The molecular weight excluding hydrogens is 559 g/mol. The molecule has 6 heteroatoms. The average molecular weight is 595 g/mol. The summed E-state index contributed by atoms with van der Waals surface area (Å²) in [5.74, 6) is 1.59. The molecule has 224 valence electrons. The second kappa shape index (κ2) is 12.0. The molecule has 3 aromatic heterocycles. The van der Waals surface area contributed by atoms with E-state index in [1.165, 1.54) is 36.7 Å². The van der Waals surface area contributed by atoms with Crippen molar-refractivity contribution in [1.29, 1.82) is 0 Å². The number of hydrogen-bond donors (Lipinski definition) is 0. The molecule has 7 aromatic rings. The van der Waals surface area contributed by atoms with E-state index in [1.54, 1.807) is 0 Å². The van der Waals surface area contributed by atoms with Crippen molar-refractivity contribution in [3.05, 3.63) is 132 Å². The Hall–Kier alpha value is -5.23. The Balaban J connectivity index is 1.28. The van der Waals surface area contributed by atoms with Gasteiger partial charge in [-0.05, 0) is 80.3 Å². The van der Waals surface area contributed by atoms with E-state index >= 15 is 0 Å². The third-order valence-corrected chi connectivity index (χ3v) is 8.46. The van der Waals surface area contributed by atoms with E-state index in [2.05, 4.69) is 55.2 Å². The number of rotatable bonds is 9. The van der Waals surface area contributed by atoms with Gasteiger partial charge >= 0.3 is 0 Å². The summed E-state index contributed by atoms with van der Waals surface area (Å²) in [7, 11) is 0. The van der Waals surface area contributed by atoms with Crippen molar-refractivity contribution in [2.45, 2.75) is 46.5 Å². The van der Waals surface area contributed by atoms with Gasteiger partial charge in [-0.25, -0.2) is 14.1 Å². The van der Waals surface area contributed by atoms with Gasteiger partial charge in [0.1, 0.15) is 23.1 Å². The number of aryl methyl sites for hydroxylation is 2. The molecule has 3 heterocycles. The Labute approximate surface area is 262 Å². The lowest BCUT2D eigenvalue weighted by Gasteiger charge is -2.11. The first-order valence-corrected chi connectivity index (χ1v) is 15.6. The second-order valence-electron chi connectivity index (χ2n) is 11.6. The quantitative estimate of drug-likeness (QED) is 0.156. The Bertz CT molecular complexity index is 2140. The number of unbranched alkanes of at least 4 members (excludes halogenated alkanes) is 2. The molecule has 0 unspecified atom stereocenters. The predicted molar refractivity (Wildman–Crippen MR) is 180 cm³/mol. The third-order valence-electron chi connectivity index (χ3n) is 8.46. The second-order valence-corrected chi connectivity index (χ2v) is 11.6. The van der Waals surface area contributed by atoms with E-state index in [4.69, 9.17) is 9.84 Å². The lowest BCUT2D eigenvalue weighted by molar-refractivity contribution is 0.482. The highest BCUT2D eigenvalue weighted by Crippen LogP contribution is 2.36. The molecular formula is C39H35FN4O. The van der Waals surface area contributed by atoms with Crippen LogP contribution in [-0.4, -0.2) is 19.3 Å². The summed E-state index contributed by atoms with van der Waals surface area (Å²) in [6.07, 6.45) is 6.11. The molecule has 0 aliphatic heterocycles. The van der Waals surface area contributed by atoms with Crippen LogP contribution in [0.5, 0.6) is 11.5 Å². The molecule has 0 atom stereocenters. The largest absolute Gasteiger partial charge is 0.457 e. The minimum atomic E-state index is -0.324. The van der Waals surface area contributed by atoms with E-state index < -0.39 is 0 Å². The summed E-state index contributed by atoms with van der Waals surface area (Å²) >= 11 is 0. The van der Waals surface area contributed by atoms with Gasteiger partial charge in [-0.2, -0.15) is 5.10 Å². The SMILES string of the molecule is CCCCCc1ccc2c(c1)c1ccc(Oc3cccc(-n4nc(C)c(-c5ccccc5)c4C)c3)cc1n2-c1cc(F)ccn1. The maximum absolute atomic E-state index is 14.4. The third kappa shape index (κ3) is 5.48. The highest BCUT2D eigenvalue weighted by atomic mass is 19.1. The summed E-state index contributed by atoms with van der Waals surface area (Å²) in [6.45, 7) is 6.36. The van der Waals surface area contributed by atoms with Crippen LogP contribution >= 0.6 is 0 Å². The van der Waals surface area contributed by atoms with Crippen LogP contribution < -0.4 is 4.74 Å². The summed E-state index contributed by atoms with van der Waals surface area (Å²) < 4.78 is 24.9. The van der Waals surface area contributed by atoms with Crippen LogP contribution in [0.1, 0.15) is 43.1 Å². The first-order valence-electron chi connectivity index (χ1n) is 15.6. The summed E-state index contributed by atoms with van der Waals surface area (Å²) in [4.78, 5) is 4.54. The fourth-order valence-electron chi connectivity index (χ4n) is 6.34. The van der Waals surface area contributed by atoms with E-state index in [0.717, 1.165) is 62.8 Å². The average Bonchev–Trinajstić information content (AvgIpc) is 3.54. The molecule has 0 saturated heterocycles. The highest BCUT2D eigenvalue weighted by Gasteiger charge is 2.17. The summed E-state index contributed by atoms with van der Waals surface area (Å²) in [6, 6.07) is 33.9. The molecule has 0 N–H and O–H groups in total. The summed E-state index contributed by atoms with van der Waals surface area (Å²) in [5, 5.41) is 7.07. The van der Waals surface area contributed by atoms with Crippen molar-refractivity contribution in [2.24, 2.45) is 0 Å². The number of hydrogen-bond acceptors (Lipinski definition) is 3. The van der Waals surface area contributed by atoms with Gasteiger partial charge in [0.05, 0.1) is 22.4 Å². The van der Waals surface area contributed by atoms with Crippen LogP contribution in [0.25, 0.3) is 44.4 Å². The normalized spacial score (nSPS) is 11.5. The van der Waals surface area contributed by atoms with Crippen LogP contribution in [0.4, 0.5) is 4.39 Å². The van der Waals surface area contributed by atoms with Gasteiger partial charge in [0.2, 0.25) is 0 Å². The topological polar surface area (TPSA) is 44.9 Å². The van der Waals surface area contributed by atoms with Crippen LogP contribution in [0, 0.1) is 19.7 Å². The number of fused-ring (bicyclic) bond motifs is 3. The Morgan fingerprint density at radius 1 is 0.756 bits per heavy atom. The molecule has 0 fully saturated rings. The molecule has 5 nitrogen and oxygen atoms in total. The van der Waals surface area contributed by atoms with Crippen molar-refractivity contribution in [3.63, 3.8) is 0 Å². The summed E-state index contributed by atoms with van der Waals surface area (Å²) in [5.41, 5.74) is 8.45. The zero-order chi connectivity index (χ0) is 30.9. The molecule has 0 aliphatic carbocycles. The standard InChI is InChI=1S/C39H35FN4O/c1-4-5-7-11-28-16-19-36-35(22-28)34-18-17-33(25-37(34)43(36)38-23-30(40)20-21-41-38)45-32-15-10-14-31(24-32)44-27(3)39(26(2)42-44)29-12-8-6-9-13-29/h6,8-10,12-25H,4-5,7,11H2,1-3H3. The van der Waals surface area contributed by atoms with Gasteiger partial charge in [0.25, 0.3) is 0 Å². The molecule has 7 rings (SSSR count). The maximum Gasteiger partial charge on any atom is 0.140 e. The van der Waals surface area contributed by atoms with Gasteiger partial charge < -0.3 is 4.74 Å². The Morgan fingerprint density at radius 2 is 1.60 bits per heavy atom. The van der Waals surface area contributed by atoms with Crippen molar-refractivity contribution in [1.82, 2.24) is 19.3 Å². The minimum absolute atomic E-state index is 0.324. The number of halogens is 1. The zero-order valence-corrected chi connectivity index (χ0v) is 25.8. The molecule has 0 saturated carbocycles. The van der Waals surface area contributed by atoms with Gasteiger partial charge in [-0.15, -0.1) is 0 Å². The number of nitrogens with zero attached hydrogens (tertiary/aromatic N) is 4. The van der Waals surface area contributed by atoms with Crippen LogP contribution in [0.15, 0.2) is 109 Å². The Morgan fingerprint density at radius 3 is 2.42 bits per heavy atom. The fourth-order valence-corrected chi connectivity index (χ4v) is 6.34. The van der Waals surface area contributed by atoms with Gasteiger partial charge in [-0.3, -0.25) is 4.57 Å². The molecule has 0 radical (unpaired) electrons. The first-order chi connectivity index (χ1) is 22.0. The number of aromatic nitrogens is 4. The molecule has 4 aromatic carbocycles. The van der Waals surface area contributed by atoms with Gasteiger partial charge in [0.15, 0.2) is 0 Å². The number of pyridine rings is 1. The molecule has 0 bridgehead atoms. The monoisotopic (exact) mass is 594 g/mol. The van der Waals surface area contributed by atoms with Crippen molar-refractivity contribution in [3.8, 4) is 34.1 Å². The first kappa shape index (κ1) is 28.5. The fraction of sp³-hybridized carbons (Fsp3) is 0.179. The lowest BCUT2D eigenvalue weighted by atomic mass is 10.0. The molecule has 0 amide bonds. The van der Waals surface area contributed by atoms with Crippen molar-refractivity contribution >= 4 is 21.8 Å². The van der Waals surface area contributed by atoms with E-state index in [9.17, 15) is 4.39 Å². The van der Waals surface area contributed by atoms with Crippen molar-refractivity contribution < 1.29 is 9.13 Å².